The van der Waals surface area contributed by atoms with Crippen molar-refractivity contribution in [2.45, 2.75) is 0 Å². The number of nitrogens with zero attached hydrogens (tertiary/aromatic N) is 1. The van der Waals surface area contributed by atoms with Gasteiger partial charge in [-0.05, 0) is 26.5 Å². The molecule has 0 aliphatic heterocycles. The van der Waals surface area contributed by atoms with Gasteiger partial charge in [-0.2, -0.15) is 6.20 Å². The molecule has 0 aliphatic carbocycles. The monoisotopic (exact) mass is 273 g/mol. The SMILES string of the molecule is O=c1[n-]cc(Br)cc1Br.[Na+]. The Hall–Kier alpha value is 0.910. The van der Waals surface area contributed by atoms with Crippen molar-refractivity contribution < 1.29 is 29.6 Å². The third-order valence-corrected chi connectivity index (χ3v) is 1.78. The Kier molecular flexibility index (Phi) is 5.15. The molecule has 1 aromatic heterocycles. The smallest absolute Gasteiger partial charge is 0.628 e. The van der Waals surface area contributed by atoms with Gasteiger partial charge in [-0.25, -0.2) is 0 Å². The van der Waals surface area contributed by atoms with E-state index in [-0.39, 0.29) is 35.1 Å². The molecule has 1 aromatic rings. The van der Waals surface area contributed by atoms with Crippen molar-refractivity contribution in [1.82, 2.24) is 4.98 Å². The number of aromatic nitrogens is 1. The number of hydrogen-bond donors (Lipinski definition) is 0. The van der Waals surface area contributed by atoms with Crippen molar-refractivity contribution in [3.05, 3.63) is 31.6 Å². The minimum atomic E-state index is -0.238. The molecular formula is C5H2Br2NNaO. The first-order chi connectivity index (χ1) is 4.20. The van der Waals surface area contributed by atoms with Gasteiger partial charge in [0.05, 0.1) is 5.56 Å². The standard InChI is InChI=1S/C5H3Br2NO.Na/c6-3-1-4(7)5(9)8-2-3;/h1-2H,(H,8,9);/q;+1/p-1. The van der Waals surface area contributed by atoms with Crippen molar-refractivity contribution in [3.8, 4) is 0 Å². The van der Waals surface area contributed by atoms with Crippen LogP contribution in [0.15, 0.2) is 26.0 Å². The molecule has 0 spiro atoms. The molecule has 5 heteroatoms. The van der Waals surface area contributed by atoms with Gasteiger partial charge in [-0.15, -0.1) is 0 Å². The van der Waals surface area contributed by atoms with Gasteiger partial charge in [0.25, 0.3) is 0 Å². The number of pyridine rings is 1. The van der Waals surface area contributed by atoms with E-state index in [1.165, 1.54) is 6.20 Å². The minimum Gasteiger partial charge on any atom is -0.628 e. The average molecular weight is 275 g/mol. The largest absolute Gasteiger partial charge is 1.00 e. The van der Waals surface area contributed by atoms with Crippen LogP contribution in [0.2, 0.25) is 0 Å². The molecule has 2 nitrogen and oxygen atoms in total. The van der Waals surface area contributed by atoms with Gasteiger partial charge < -0.3 is 9.78 Å². The van der Waals surface area contributed by atoms with E-state index in [1.807, 2.05) is 0 Å². The fourth-order valence-corrected chi connectivity index (χ4v) is 1.39. The zero-order valence-electron chi connectivity index (χ0n) is 5.27. The van der Waals surface area contributed by atoms with Crippen LogP contribution in [0, 0.1) is 0 Å². The Morgan fingerprint density at radius 3 is 2.40 bits per heavy atom. The van der Waals surface area contributed by atoms with E-state index in [1.54, 1.807) is 6.07 Å². The number of rotatable bonds is 0. The van der Waals surface area contributed by atoms with Crippen LogP contribution < -0.4 is 40.1 Å². The molecule has 0 N–H and O–H groups in total. The summed E-state index contributed by atoms with van der Waals surface area (Å²) in [5.74, 6) is 0. The molecule has 0 saturated carbocycles. The van der Waals surface area contributed by atoms with Crippen LogP contribution in [0.25, 0.3) is 0 Å². The Morgan fingerprint density at radius 1 is 1.40 bits per heavy atom. The zero-order chi connectivity index (χ0) is 6.85. The molecule has 10 heavy (non-hydrogen) atoms. The molecule has 0 aliphatic rings. The van der Waals surface area contributed by atoms with Crippen molar-refractivity contribution in [2.24, 2.45) is 0 Å². The molecule has 0 unspecified atom stereocenters. The van der Waals surface area contributed by atoms with Gasteiger partial charge in [-0.1, -0.05) is 15.9 Å². The Balaban J connectivity index is 0.000000810. The molecule has 0 amide bonds. The fraction of sp³-hybridized carbons (Fsp3) is 0. The summed E-state index contributed by atoms with van der Waals surface area (Å²) in [6.45, 7) is 0. The van der Waals surface area contributed by atoms with Crippen molar-refractivity contribution in [3.63, 3.8) is 0 Å². The van der Waals surface area contributed by atoms with Gasteiger partial charge in [0.2, 0.25) is 0 Å². The van der Waals surface area contributed by atoms with E-state index < -0.39 is 0 Å². The molecule has 0 atom stereocenters. The first kappa shape index (κ1) is 10.9. The second-order valence-corrected chi connectivity index (χ2v) is 3.21. The van der Waals surface area contributed by atoms with E-state index >= 15 is 0 Å². The summed E-state index contributed by atoms with van der Waals surface area (Å²) in [5, 5.41) is 0. The normalized spacial score (nSPS) is 8.60. The number of halogens is 2. The molecule has 48 valence electrons. The minimum absolute atomic E-state index is 0. The average Bonchev–Trinajstić information content (AvgIpc) is 1.80. The Morgan fingerprint density at radius 2 is 2.00 bits per heavy atom. The maximum Gasteiger partial charge on any atom is 1.00 e. The summed E-state index contributed by atoms with van der Waals surface area (Å²) >= 11 is 6.21. The van der Waals surface area contributed by atoms with Crippen molar-refractivity contribution in [2.75, 3.05) is 0 Å². The maximum atomic E-state index is 10.6. The van der Waals surface area contributed by atoms with Crippen LogP contribution in [-0.2, 0) is 0 Å². The van der Waals surface area contributed by atoms with E-state index in [4.69, 9.17) is 0 Å². The first-order valence-electron chi connectivity index (χ1n) is 2.18. The summed E-state index contributed by atoms with van der Waals surface area (Å²) in [7, 11) is 0. The second-order valence-electron chi connectivity index (χ2n) is 1.44. The van der Waals surface area contributed by atoms with Crippen LogP contribution in [0.4, 0.5) is 0 Å². The van der Waals surface area contributed by atoms with E-state index in [0.717, 1.165) is 4.47 Å². The third kappa shape index (κ3) is 2.88. The summed E-state index contributed by atoms with van der Waals surface area (Å²) < 4.78 is 1.28. The molecule has 0 aromatic carbocycles. The van der Waals surface area contributed by atoms with Crippen LogP contribution >= 0.6 is 31.9 Å². The van der Waals surface area contributed by atoms with Crippen LogP contribution in [0.5, 0.6) is 0 Å². The zero-order valence-corrected chi connectivity index (χ0v) is 10.4. The molecule has 1 rings (SSSR count). The van der Waals surface area contributed by atoms with Gasteiger partial charge in [0.1, 0.15) is 0 Å². The third-order valence-electron chi connectivity index (χ3n) is 0.774. The summed E-state index contributed by atoms with van der Waals surface area (Å²) in [6.07, 6.45) is 1.47. The molecular weight excluding hydrogens is 273 g/mol. The molecule has 1 heterocycles. The second kappa shape index (κ2) is 4.72. The Labute approximate surface area is 97.0 Å². The topological polar surface area (TPSA) is 31.2 Å². The quantitative estimate of drug-likeness (QED) is 0.541. The van der Waals surface area contributed by atoms with E-state index in [2.05, 4.69) is 36.8 Å². The predicted molar refractivity (Wildman–Crippen MR) is 41.4 cm³/mol. The van der Waals surface area contributed by atoms with Crippen LogP contribution in [0.3, 0.4) is 0 Å². The fourth-order valence-electron chi connectivity index (χ4n) is 0.402. The van der Waals surface area contributed by atoms with Gasteiger partial charge >= 0.3 is 29.6 Å². The predicted octanol–water partition coefficient (Wildman–Crippen LogP) is -1.47. The maximum absolute atomic E-state index is 10.6. The first-order valence-corrected chi connectivity index (χ1v) is 3.77. The Bertz CT molecular complexity index is 273. The van der Waals surface area contributed by atoms with Crippen LogP contribution in [-0.4, -0.2) is 0 Å². The molecule has 0 fully saturated rings. The summed E-state index contributed by atoms with van der Waals surface area (Å²) in [4.78, 5) is 14.1. The molecule has 0 saturated heterocycles. The van der Waals surface area contributed by atoms with E-state index in [9.17, 15) is 4.79 Å². The van der Waals surface area contributed by atoms with Gasteiger partial charge in [0.15, 0.2) is 0 Å². The van der Waals surface area contributed by atoms with Gasteiger partial charge in [0, 0.05) is 4.47 Å². The van der Waals surface area contributed by atoms with E-state index in [0.29, 0.717) is 4.47 Å². The molecule has 0 bridgehead atoms. The van der Waals surface area contributed by atoms with Crippen molar-refractivity contribution in [1.29, 1.82) is 0 Å². The molecule has 0 radical (unpaired) electrons. The van der Waals surface area contributed by atoms with Crippen LogP contribution in [0.1, 0.15) is 0 Å². The summed E-state index contributed by atoms with van der Waals surface area (Å²) in [6, 6.07) is 1.66. The summed E-state index contributed by atoms with van der Waals surface area (Å²) in [5.41, 5.74) is -0.238. The van der Waals surface area contributed by atoms with Gasteiger partial charge in [-0.3, -0.25) is 0 Å². The van der Waals surface area contributed by atoms with Crippen molar-refractivity contribution >= 4 is 31.9 Å². The number of hydrogen-bond acceptors (Lipinski definition) is 1.